The Morgan fingerprint density at radius 2 is 2.40 bits per heavy atom. The Balaban J connectivity index is 1.92. The topological polar surface area (TPSA) is 35.8 Å². The van der Waals surface area contributed by atoms with Gasteiger partial charge in [-0.05, 0) is 37.0 Å². The molecule has 1 aliphatic rings. The molecule has 0 saturated heterocycles. The third-order valence-corrected chi connectivity index (χ3v) is 2.93. The maximum atomic E-state index is 8.77. The zero-order chi connectivity index (χ0) is 10.7. The minimum absolute atomic E-state index is 0.638. The predicted molar refractivity (Wildman–Crippen MR) is 61.6 cm³/mol. The van der Waals surface area contributed by atoms with Crippen molar-refractivity contribution in [3.8, 4) is 6.07 Å². The molecule has 0 radical (unpaired) electrons. The fourth-order valence-corrected chi connectivity index (χ4v) is 2.01. The maximum absolute atomic E-state index is 8.77. The van der Waals surface area contributed by atoms with E-state index in [2.05, 4.69) is 18.3 Å². The zero-order valence-corrected chi connectivity index (χ0v) is 9.03. The molecular weight excluding hydrogens is 184 g/mol. The number of nitrogens with one attached hydrogen (secondary N) is 1. The fourth-order valence-electron chi connectivity index (χ4n) is 2.01. The van der Waals surface area contributed by atoms with Crippen molar-refractivity contribution in [3.05, 3.63) is 29.8 Å². The molecule has 0 heterocycles. The Labute approximate surface area is 90.9 Å². The van der Waals surface area contributed by atoms with E-state index in [0.29, 0.717) is 6.04 Å². The van der Waals surface area contributed by atoms with E-state index >= 15 is 0 Å². The van der Waals surface area contributed by atoms with Crippen LogP contribution in [-0.4, -0.2) is 6.04 Å². The van der Waals surface area contributed by atoms with E-state index in [1.165, 1.54) is 19.3 Å². The van der Waals surface area contributed by atoms with Gasteiger partial charge in [-0.2, -0.15) is 5.26 Å². The molecule has 1 fully saturated rings. The zero-order valence-electron chi connectivity index (χ0n) is 9.03. The number of benzene rings is 1. The Morgan fingerprint density at radius 1 is 1.53 bits per heavy atom. The number of nitrogens with zero attached hydrogens (tertiary/aromatic N) is 1. The Bertz CT molecular complexity index is 378. The second kappa shape index (κ2) is 4.35. The van der Waals surface area contributed by atoms with Crippen LogP contribution in [0.15, 0.2) is 24.3 Å². The summed E-state index contributed by atoms with van der Waals surface area (Å²) in [4.78, 5) is 0. The highest BCUT2D eigenvalue weighted by molar-refractivity contribution is 5.50. The van der Waals surface area contributed by atoms with E-state index in [0.717, 1.165) is 17.2 Å². The molecule has 1 aromatic carbocycles. The molecule has 0 spiro atoms. The lowest BCUT2D eigenvalue weighted by molar-refractivity contribution is 0.693. The van der Waals surface area contributed by atoms with Gasteiger partial charge in [0.25, 0.3) is 0 Å². The number of hydrogen-bond acceptors (Lipinski definition) is 2. The van der Waals surface area contributed by atoms with Crippen molar-refractivity contribution in [3.63, 3.8) is 0 Å². The van der Waals surface area contributed by atoms with E-state index in [9.17, 15) is 0 Å². The van der Waals surface area contributed by atoms with E-state index in [4.69, 9.17) is 5.26 Å². The van der Waals surface area contributed by atoms with Crippen molar-refractivity contribution in [2.24, 2.45) is 5.92 Å². The summed E-state index contributed by atoms with van der Waals surface area (Å²) in [6, 6.07) is 10.5. The van der Waals surface area contributed by atoms with Crippen LogP contribution in [0.2, 0.25) is 0 Å². The molecule has 15 heavy (non-hydrogen) atoms. The SMILES string of the molecule is CCCC1CC1Nc1cccc(C#N)c1. The van der Waals surface area contributed by atoms with Crippen LogP contribution in [0.5, 0.6) is 0 Å². The smallest absolute Gasteiger partial charge is 0.0992 e. The van der Waals surface area contributed by atoms with Gasteiger partial charge in [-0.25, -0.2) is 0 Å². The normalized spacial score (nSPS) is 23.2. The van der Waals surface area contributed by atoms with Crippen molar-refractivity contribution >= 4 is 5.69 Å². The van der Waals surface area contributed by atoms with Crippen molar-refractivity contribution < 1.29 is 0 Å². The van der Waals surface area contributed by atoms with Gasteiger partial charge in [0.2, 0.25) is 0 Å². The summed E-state index contributed by atoms with van der Waals surface area (Å²) in [6.45, 7) is 2.23. The highest BCUT2D eigenvalue weighted by atomic mass is 15.0. The van der Waals surface area contributed by atoms with E-state index < -0.39 is 0 Å². The van der Waals surface area contributed by atoms with Gasteiger partial charge in [-0.3, -0.25) is 0 Å². The minimum Gasteiger partial charge on any atom is -0.382 e. The lowest BCUT2D eigenvalue weighted by atomic mass is 10.2. The summed E-state index contributed by atoms with van der Waals surface area (Å²) >= 11 is 0. The van der Waals surface area contributed by atoms with Crippen molar-refractivity contribution in [2.45, 2.75) is 32.2 Å². The summed E-state index contributed by atoms with van der Waals surface area (Å²) in [7, 11) is 0. The van der Waals surface area contributed by atoms with Crippen LogP contribution in [0.3, 0.4) is 0 Å². The quantitative estimate of drug-likeness (QED) is 0.810. The third-order valence-electron chi connectivity index (χ3n) is 2.93. The first-order chi connectivity index (χ1) is 7.33. The molecule has 1 saturated carbocycles. The van der Waals surface area contributed by atoms with Gasteiger partial charge >= 0.3 is 0 Å². The molecule has 2 rings (SSSR count). The molecule has 0 bridgehead atoms. The number of rotatable bonds is 4. The Morgan fingerprint density at radius 3 is 3.13 bits per heavy atom. The third kappa shape index (κ3) is 2.50. The number of nitriles is 1. The molecule has 1 aromatic rings. The second-order valence-electron chi connectivity index (χ2n) is 4.23. The van der Waals surface area contributed by atoms with Gasteiger partial charge in [0.15, 0.2) is 0 Å². The molecule has 2 heteroatoms. The standard InChI is InChI=1S/C13H16N2/c1-2-4-11-8-13(11)15-12-6-3-5-10(7-12)9-14/h3,5-7,11,13,15H,2,4,8H2,1H3. The lowest BCUT2D eigenvalue weighted by Gasteiger charge is -2.05. The molecule has 2 nitrogen and oxygen atoms in total. The largest absolute Gasteiger partial charge is 0.382 e. The van der Waals surface area contributed by atoms with Gasteiger partial charge in [-0.1, -0.05) is 19.4 Å². The van der Waals surface area contributed by atoms with E-state index in [-0.39, 0.29) is 0 Å². The van der Waals surface area contributed by atoms with Gasteiger partial charge in [-0.15, -0.1) is 0 Å². The first-order valence-electron chi connectivity index (χ1n) is 5.60. The van der Waals surface area contributed by atoms with Gasteiger partial charge in [0.1, 0.15) is 0 Å². The van der Waals surface area contributed by atoms with Crippen LogP contribution in [0.1, 0.15) is 31.7 Å². The Kier molecular flexibility index (Phi) is 2.91. The molecule has 2 atom stereocenters. The number of hydrogen-bond donors (Lipinski definition) is 1. The minimum atomic E-state index is 0.638. The van der Waals surface area contributed by atoms with E-state index in [1.807, 2.05) is 24.3 Å². The fraction of sp³-hybridized carbons (Fsp3) is 0.462. The summed E-state index contributed by atoms with van der Waals surface area (Å²) in [5, 5.41) is 12.2. The highest BCUT2D eigenvalue weighted by Crippen LogP contribution is 2.37. The monoisotopic (exact) mass is 200 g/mol. The molecule has 2 unspecified atom stereocenters. The van der Waals surface area contributed by atoms with Gasteiger partial charge < -0.3 is 5.32 Å². The van der Waals surface area contributed by atoms with Crippen LogP contribution in [0.4, 0.5) is 5.69 Å². The van der Waals surface area contributed by atoms with Crippen molar-refractivity contribution in [1.82, 2.24) is 0 Å². The molecule has 1 aliphatic carbocycles. The summed E-state index contributed by atoms with van der Waals surface area (Å²) in [5.41, 5.74) is 1.81. The molecule has 0 aliphatic heterocycles. The summed E-state index contributed by atoms with van der Waals surface area (Å²) < 4.78 is 0. The van der Waals surface area contributed by atoms with Crippen LogP contribution in [0, 0.1) is 17.2 Å². The van der Waals surface area contributed by atoms with Gasteiger partial charge in [0, 0.05) is 11.7 Å². The van der Waals surface area contributed by atoms with Crippen LogP contribution in [0.25, 0.3) is 0 Å². The number of anilines is 1. The summed E-state index contributed by atoms with van der Waals surface area (Å²) in [5.74, 6) is 0.848. The summed E-state index contributed by atoms with van der Waals surface area (Å²) in [6.07, 6.45) is 3.86. The lowest BCUT2D eigenvalue weighted by Crippen LogP contribution is -2.04. The van der Waals surface area contributed by atoms with Crippen LogP contribution >= 0.6 is 0 Å². The average molecular weight is 200 g/mol. The van der Waals surface area contributed by atoms with Crippen molar-refractivity contribution in [2.75, 3.05) is 5.32 Å². The maximum Gasteiger partial charge on any atom is 0.0992 e. The highest BCUT2D eigenvalue weighted by Gasteiger charge is 2.35. The molecular formula is C13H16N2. The second-order valence-corrected chi connectivity index (χ2v) is 4.23. The Hall–Kier alpha value is -1.49. The molecule has 1 N–H and O–H groups in total. The van der Waals surface area contributed by atoms with Crippen LogP contribution < -0.4 is 5.32 Å². The predicted octanol–water partition coefficient (Wildman–Crippen LogP) is 3.16. The molecule has 78 valence electrons. The molecule has 0 aromatic heterocycles. The van der Waals surface area contributed by atoms with Gasteiger partial charge in [0.05, 0.1) is 11.6 Å². The molecule has 0 amide bonds. The first-order valence-corrected chi connectivity index (χ1v) is 5.60. The van der Waals surface area contributed by atoms with Crippen LogP contribution in [-0.2, 0) is 0 Å². The van der Waals surface area contributed by atoms with E-state index in [1.54, 1.807) is 0 Å². The first kappa shape index (κ1) is 10.0. The average Bonchev–Trinajstić information content (AvgIpc) is 2.97. The van der Waals surface area contributed by atoms with Crippen molar-refractivity contribution in [1.29, 1.82) is 5.26 Å².